The predicted molar refractivity (Wildman–Crippen MR) is 62.7 cm³/mol. The number of nitrogens with zero attached hydrogens (tertiary/aromatic N) is 1. The van der Waals surface area contributed by atoms with Crippen LogP contribution >= 0.6 is 11.8 Å². The molecule has 1 aromatic heterocycles. The molecule has 1 heterocycles. The summed E-state index contributed by atoms with van der Waals surface area (Å²) in [6.45, 7) is 4.46. The lowest BCUT2D eigenvalue weighted by Gasteiger charge is -2.02. The van der Waals surface area contributed by atoms with Gasteiger partial charge in [-0.2, -0.15) is 0 Å². The maximum Gasteiger partial charge on any atom is 0.0278 e. The summed E-state index contributed by atoms with van der Waals surface area (Å²) in [4.78, 5) is 5.30. The molecule has 0 aliphatic heterocycles. The summed E-state index contributed by atoms with van der Waals surface area (Å²) >= 11 is 1.90. The normalized spacial score (nSPS) is 10.4. The number of hydrogen-bond acceptors (Lipinski definition) is 3. The third-order valence-electron chi connectivity index (χ3n) is 1.84. The Morgan fingerprint density at radius 2 is 2.07 bits per heavy atom. The van der Waals surface area contributed by atoms with Gasteiger partial charge < -0.3 is 5.32 Å². The van der Waals surface area contributed by atoms with E-state index >= 15 is 0 Å². The van der Waals surface area contributed by atoms with E-state index in [2.05, 4.69) is 29.4 Å². The van der Waals surface area contributed by atoms with Crippen molar-refractivity contribution in [1.82, 2.24) is 10.3 Å². The molecule has 78 valence electrons. The third kappa shape index (κ3) is 5.25. The van der Waals surface area contributed by atoms with Crippen molar-refractivity contribution in [1.29, 1.82) is 0 Å². The highest BCUT2D eigenvalue weighted by molar-refractivity contribution is 7.99. The molecule has 0 saturated heterocycles. The van der Waals surface area contributed by atoms with Crippen LogP contribution in [0.2, 0.25) is 0 Å². The monoisotopic (exact) mass is 210 g/mol. The van der Waals surface area contributed by atoms with Crippen LogP contribution < -0.4 is 5.32 Å². The zero-order valence-corrected chi connectivity index (χ0v) is 9.52. The zero-order valence-electron chi connectivity index (χ0n) is 8.70. The molecular weight excluding hydrogens is 192 g/mol. The molecule has 0 aliphatic carbocycles. The van der Waals surface area contributed by atoms with Crippen molar-refractivity contribution >= 4 is 11.8 Å². The molecule has 14 heavy (non-hydrogen) atoms. The van der Waals surface area contributed by atoms with Crippen molar-refractivity contribution < 1.29 is 0 Å². The van der Waals surface area contributed by atoms with Gasteiger partial charge in [-0.1, -0.05) is 6.92 Å². The van der Waals surface area contributed by atoms with E-state index in [0.29, 0.717) is 0 Å². The zero-order chi connectivity index (χ0) is 10.1. The molecule has 0 aliphatic rings. The summed E-state index contributed by atoms with van der Waals surface area (Å²) in [5.41, 5.74) is 0. The van der Waals surface area contributed by atoms with Crippen LogP contribution in [0.15, 0.2) is 29.4 Å². The van der Waals surface area contributed by atoms with Crippen molar-refractivity contribution in [3.05, 3.63) is 24.5 Å². The molecule has 1 aromatic rings. The standard InChI is InChI=1S/C11H18N2S/c1-2-6-12-7-3-10-14-11-4-8-13-9-5-11/h4-5,8-9,12H,2-3,6-7,10H2,1H3. The van der Waals surface area contributed by atoms with Crippen molar-refractivity contribution in [2.24, 2.45) is 0 Å². The fourth-order valence-electron chi connectivity index (χ4n) is 1.12. The van der Waals surface area contributed by atoms with Crippen LogP contribution in [0.5, 0.6) is 0 Å². The van der Waals surface area contributed by atoms with Gasteiger partial charge in [0.15, 0.2) is 0 Å². The molecule has 1 rings (SSSR count). The average Bonchev–Trinajstić information content (AvgIpc) is 2.25. The molecule has 0 saturated carbocycles. The Labute approximate surface area is 90.5 Å². The van der Waals surface area contributed by atoms with Gasteiger partial charge in [-0.3, -0.25) is 4.98 Å². The maximum atomic E-state index is 3.99. The molecule has 2 nitrogen and oxygen atoms in total. The van der Waals surface area contributed by atoms with Crippen molar-refractivity contribution in [2.45, 2.75) is 24.7 Å². The summed E-state index contributed by atoms with van der Waals surface area (Å²) < 4.78 is 0. The second-order valence-electron chi connectivity index (χ2n) is 3.13. The fourth-order valence-corrected chi connectivity index (χ4v) is 1.96. The van der Waals surface area contributed by atoms with Crippen molar-refractivity contribution in [3.63, 3.8) is 0 Å². The van der Waals surface area contributed by atoms with Crippen LogP contribution in [0.25, 0.3) is 0 Å². The van der Waals surface area contributed by atoms with E-state index < -0.39 is 0 Å². The Hall–Kier alpha value is -0.540. The van der Waals surface area contributed by atoms with Crippen LogP contribution in [-0.4, -0.2) is 23.8 Å². The van der Waals surface area contributed by atoms with E-state index in [4.69, 9.17) is 0 Å². The molecule has 0 bridgehead atoms. The second-order valence-corrected chi connectivity index (χ2v) is 4.30. The van der Waals surface area contributed by atoms with Gasteiger partial charge in [-0.25, -0.2) is 0 Å². The number of hydrogen-bond donors (Lipinski definition) is 1. The average molecular weight is 210 g/mol. The van der Waals surface area contributed by atoms with Crippen LogP contribution in [-0.2, 0) is 0 Å². The first-order valence-electron chi connectivity index (χ1n) is 5.17. The number of rotatable bonds is 7. The Morgan fingerprint density at radius 1 is 1.29 bits per heavy atom. The Kier molecular flexibility index (Phi) is 6.45. The lowest BCUT2D eigenvalue weighted by atomic mass is 10.4. The Balaban J connectivity index is 1.99. The first-order valence-corrected chi connectivity index (χ1v) is 6.15. The molecule has 0 radical (unpaired) electrons. The first kappa shape index (κ1) is 11.5. The lowest BCUT2D eigenvalue weighted by Crippen LogP contribution is -2.16. The minimum absolute atomic E-state index is 1.13. The number of aromatic nitrogens is 1. The highest BCUT2D eigenvalue weighted by atomic mass is 32.2. The van der Waals surface area contributed by atoms with Crippen molar-refractivity contribution in [3.8, 4) is 0 Å². The first-order chi connectivity index (χ1) is 6.93. The molecule has 0 atom stereocenters. The van der Waals surface area contributed by atoms with Gasteiger partial charge >= 0.3 is 0 Å². The Morgan fingerprint density at radius 3 is 2.79 bits per heavy atom. The number of pyridine rings is 1. The summed E-state index contributed by atoms with van der Waals surface area (Å²) in [5.74, 6) is 1.18. The van der Waals surface area contributed by atoms with Gasteiger partial charge in [-0.15, -0.1) is 11.8 Å². The molecule has 3 heteroatoms. The van der Waals surface area contributed by atoms with Crippen LogP contribution in [0.1, 0.15) is 19.8 Å². The molecule has 0 amide bonds. The molecular formula is C11H18N2S. The summed E-state index contributed by atoms with van der Waals surface area (Å²) in [6, 6.07) is 4.12. The fraction of sp³-hybridized carbons (Fsp3) is 0.545. The molecule has 1 N–H and O–H groups in total. The maximum absolute atomic E-state index is 3.99. The SMILES string of the molecule is CCCNCCCSc1ccncc1. The van der Waals surface area contributed by atoms with Gasteiger partial charge in [0, 0.05) is 17.3 Å². The minimum atomic E-state index is 1.13. The van der Waals surface area contributed by atoms with E-state index in [-0.39, 0.29) is 0 Å². The molecule has 0 unspecified atom stereocenters. The van der Waals surface area contributed by atoms with Crippen LogP contribution in [0.4, 0.5) is 0 Å². The molecule has 0 spiro atoms. The lowest BCUT2D eigenvalue weighted by molar-refractivity contribution is 0.664. The quantitative estimate of drug-likeness (QED) is 0.553. The smallest absolute Gasteiger partial charge is 0.0278 e. The topological polar surface area (TPSA) is 24.9 Å². The van der Waals surface area contributed by atoms with E-state index in [9.17, 15) is 0 Å². The van der Waals surface area contributed by atoms with Gasteiger partial charge in [0.05, 0.1) is 0 Å². The van der Waals surface area contributed by atoms with Gasteiger partial charge in [0.1, 0.15) is 0 Å². The largest absolute Gasteiger partial charge is 0.317 e. The van der Waals surface area contributed by atoms with E-state index in [1.54, 1.807) is 0 Å². The Bertz CT molecular complexity index is 226. The summed E-state index contributed by atoms with van der Waals surface area (Å²) in [6.07, 6.45) is 6.14. The highest BCUT2D eigenvalue weighted by Crippen LogP contribution is 2.16. The highest BCUT2D eigenvalue weighted by Gasteiger charge is 1.92. The summed E-state index contributed by atoms with van der Waals surface area (Å²) in [7, 11) is 0. The van der Waals surface area contributed by atoms with E-state index in [1.807, 2.05) is 24.2 Å². The van der Waals surface area contributed by atoms with E-state index in [1.165, 1.54) is 23.5 Å². The van der Waals surface area contributed by atoms with Crippen LogP contribution in [0.3, 0.4) is 0 Å². The van der Waals surface area contributed by atoms with E-state index in [0.717, 1.165) is 13.1 Å². The summed E-state index contributed by atoms with van der Waals surface area (Å²) in [5, 5.41) is 3.40. The predicted octanol–water partition coefficient (Wildman–Crippen LogP) is 2.56. The van der Waals surface area contributed by atoms with Crippen molar-refractivity contribution in [2.75, 3.05) is 18.8 Å². The molecule has 0 fully saturated rings. The van der Waals surface area contributed by atoms with Gasteiger partial charge in [-0.05, 0) is 43.8 Å². The molecule has 0 aromatic carbocycles. The van der Waals surface area contributed by atoms with Gasteiger partial charge in [0.2, 0.25) is 0 Å². The number of thioether (sulfide) groups is 1. The second kappa shape index (κ2) is 7.83. The number of nitrogens with one attached hydrogen (secondary N) is 1. The van der Waals surface area contributed by atoms with Gasteiger partial charge in [0.25, 0.3) is 0 Å². The minimum Gasteiger partial charge on any atom is -0.317 e. The van der Waals surface area contributed by atoms with Crippen LogP contribution in [0, 0.1) is 0 Å². The third-order valence-corrected chi connectivity index (χ3v) is 2.94.